The van der Waals surface area contributed by atoms with Crippen LogP contribution in [0, 0.1) is 0 Å². The monoisotopic (exact) mass is 384 g/mol. The average molecular weight is 384 g/mol. The van der Waals surface area contributed by atoms with Gasteiger partial charge >= 0.3 is 5.69 Å². The molecule has 27 heavy (non-hydrogen) atoms. The molecule has 0 fully saturated rings. The molecule has 140 valence electrons. The smallest absolute Gasteiger partial charge is 0.321 e. The van der Waals surface area contributed by atoms with E-state index in [1.165, 1.54) is 23.4 Å². The lowest BCUT2D eigenvalue weighted by atomic mass is 10.1. The molecule has 0 radical (unpaired) electrons. The van der Waals surface area contributed by atoms with Crippen molar-refractivity contribution in [2.75, 3.05) is 11.6 Å². The molecule has 1 N–H and O–H groups in total. The number of aromatic nitrogens is 3. The molecule has 0 aliphatic rings. The molecule has 0 atom stereocenters. The van der Waals surface area contributed by atoms with Gasteiger partial charge in [0.15, 0.2) is 5.65 Å². The molecule has 0 saturated carbocycles. The van der Waals surface area contributed by atoms with Crippen LogP contribution in [0.25, 0.3) is 11.0 Å². The Morgan fingerprint density at radius 2 is 1.89 bits per heavy atom. The third-order valence-corrected chi connectivity index (χ3v) is 5.31. The lowest BCUT2D eigenvalue weighted by Crippen LogP contribution is -2.38. The van der Waals surface area contributed by atoms with Crippen LogP contribution in [0.3, 0.4) is 0 Å². The van der Waals surface area contributed by atoms with Gasteiger partial charge in [-0.05, 0) is 30.4 Å². The Balaban J connectivity index is 2.26. The summed E-state index contributed by atoms with van der Waals surface area (Å²) >= 11 is 1.47. The molecule has 3 aromatic rings. The number of nitrogens with one attached hydrogen (secondary N) is 1. The number of carbonyl (C=O) groups excluding carboxylic acids is 1. The van der Waals surface area contributed by atoms with Crippen LogP contribution in [0.4, 0.5) is 5.69 Å². The molecule has 0 aliphatic heterocycles. The van der Waals surface area contributed by atoms with E-state index in [9.17, 15) is 14.4 Å². The van der Waals surface area contributed by atoms with Crippen molar-refractivity contribution in [2.24, 2.45) is 14.1 Å². The lowest BCUT2D eigenvalue weighted by molar-refractivity contribution is 0.102. The van der Waals surface area contributed by atoms with Gasteiger partial charge in [-0.2, -0.15) is 0 Å². The predicted octanol–water partition coefficient (Wildman–Crippen LogP) is 2.17. The van der Waals surface area contributed by atoms with Gasteiger partial charge in [-0.1, -0.05) is 19.1 Å². The minimum atomic E-state index is -0.482. The number of carbonyl (C=O) groups is 1. The summed E-state index contributed by atoms with van der Waals surface area (Å²) in [5, 5.41) is 3.12. The van der Waals surface area contributed by atoms with E-state index in [1.54, 1.807) is 25.4 Å². The van der Waals surface area contributed by atoms with Crippen molar-refractivity contribution in [2.45, 2.75) is 18.2 Å². The highest BCUT2D eigenvalue weighted by atomic mass is 32.2. The molecule has 1 amide bonds. The molecular weight excluding hydrogens is 364 g/mol. The summed E-state index contributed by atoms with van der Waals surface area (Å²) in [5.74, 6) is -0.307. The van der Waals surface area contributed by atoms with Gasteiger partial charge in [0.25, 0.3) is 11.5 Å². The fourth-order valence-corrected chi connectivity index (χ4v) is 3.59. The number of thioether (sulfide) groups is 1. The maximum absolute atomic E-state index is 12.9. The van der Waals surface area contributed by atoms with Crippen LogP contribution in [-0.2, 0) is 20.5 Å². The Labute approximate surface area is 160 Å². The number of benzene rings is 1. The first-order valence-electron chi connectivity index (χ1n) is 8.42. The number of aryl methyl sites for hydroxylation is 2. The Bertz CT molecular complexity index is 1160. The first-order valence-corrected chi connectivity index (χ1v) is 9.65. The summed E-state index contributed by atoms with van der Waals surface area (Å²) in [6.07, 6.45) is 4.07. The molecule has 7 nitrogen and oxygen atoms in total. The van der Waals surface area contributed by atoms with Crippen molar-refractivity contribution in [3.63, 3.8) is 0 Å². The van der Waals surface area contributed by atoms with Gasteiger partial charge in [-0.25, -0.2) is 9.78 Å². The van der Waals surface area contributed by atoms with E-state index in [1.807, 2.05) is 25.3 Å². The summed E-state index contributed by atoms with van der Waals surface area (Å²) in [7, 11) is 2.97. The van der Waals surface area contributed by atoms with Crippen molar-refractivity contribution in [3.05, 3.63) is 62.4 Å². The summed E-state index contributed by atoms with van der Waals surface area (Å²) in [6.45, 7) is 1.92. The molecule has 0 saturated heterocycles. The zero-order chi connectivity index (χ0) is 19.7. The van der Waals surface area contributed by atoms with Crippen LogP contribution >= 0.6 is 11.8 Å². The van der Waals surface area contributed by atoms with Crippen molar-refractivity contribution in [1.82, 2.24) is 14.1 Å². The zero-order valence-corrected chi connectivity index (χ0v) is 16.4. The van der Waals surface area contributed by atoms with Crippen LogP contribution in [0.15, 0.2) is 44.9 Å². The largest absolute Gasteiger partial charge is 0.332 e. The molecule has 2 aromatic heterocycles. The Hall–Kier alpha value is -2.87. The molecule has 0 aliphatic carbocycles. The van der Waals surface area contributed by atoms with Gasteiger partial charge in [0.05, 0.1) is 11.3 Å². The quantitative estimate of drug-likeness (QED) is 0.697. The SMILES string of the molecule is CCc1cnc2c(c1NC(=O)c1ccccc1SC)c(=O)n(C)c(=O)n2C. The zero-order valence-electron chi connectivity index (χ0n) is 15.6. The third kappa shape index (κ3) is 3.16. The van der Waals surface area contributed by atoms with Crippen LogP contribution in [0.2, 0.25) is 0 Å². The molecule has 0 spiro atoms. The Kier molecular flexibility index (Phi) is 5.18. The molecule has 8 heteroatoms. The second kappa shape index (κ2) is 7.40. The number of rotatable bonds is 4. The molecule has 0 bridgehead atoms. The number of pyridine rings is 1. The highest BCUT2D eigenvalue weighted by Crippen LogP contribution is 2.26. The van der Waals surface area contributed by atoms with E-state index >= 15 is 0 Å². The summed E-state index contributed by atoms with van der Waals surface area (Å²) in [5.41, 5.74) is 0.957. The molecule has 0 unspecified atom stereocenters. The van der Waals surface area contributed by atoms with Gasteiger partial charge in [0.1, 0.15) is 5.39 Å². The predicted molar refractivity (Wildman–Crippen MR) is 108 cm³/mol. The minimum absolute atomic E-state index is 0.230. The number of anilines is 1. The Morgan fingerprint density at radius 3 is 2.56 bits per heavy atom. The summed E-state index contributed by atoms with van der Waals surface area (Å²) < 4.78 is 2.33. The van der Waals surface area contributed by atoms with E-state index in [4.69, 9.17) is 0 Å². The van der Waals surface area contributed by atoms with Crippen molar-refractivity contribution >= 4 is 34.4 Å². The fourth-order valence-electron chi connectivity index (χ4n) is 2.99. The van der Waals surface area contributed by atoms with Crippen molar-refractivity contribution in [3.8, 4) is 0 Å². The maximum atomic E-state index is 12.9. The van der Waals surface area contributed by atoms with E-state index in [2.05, 4.69) is 10.3 Å². The minimum Gasteiger partial charge on any atom is -0.321 e. The Morgan fingerprint density at radius 1 is 1.19 bits per heavy atom. The number of fused-ring (bicyclic) bond motifs is 1. The number of amides is 1. The second-order valence-corrected chi connectivity index (χ2v) is 6.92. The molecule has 3 rings (SSSR count). The van der Waals surface area contributed by atoms with E-state index in [-0.39, 0.29) is 16.9 Å². The standard InChI is InChI=1S/C19H20N4O3S/c1-5-11-10-20-16-14(18(25)23(3)19(26)22(16)2)15(11)21-17(24)12-8-6-7-9-13(12)27-4/h6-10H,5H2,1-4H3,(H,20,21,24). The maximum Gasteiger partial charge on any atom is 0.332 e. The third-order valence-electron chi connectivity index (χ3n) is 4.52. The highest BCUT2D eigenvalue weighted by Gasteiger charge is 2.19. The number of hydrogen-bond donors (Lipinski definition) is 1. The van der Waals surface area contributed by atoms with E-state index in [0.717, 1.165) is 15.0 Å². The van der Waals surface area contributed by atoms with Gasteiger partial charge in [-0.15, -0.1) is 11.8 Å². The van der Waals surface area contributed by atoms with Gasteiger partial charge in [0, 0.05) is 25.2 Å². The van der Waals surface area contributed by atoms with Gasteiger partial charge < -0.3 is 5.32 Å². The first kappa shape index (κ1) is 18.9. The summed E-state index contributed by atoms with van der Waals surface area (Å²) in [6, 6.07) is 7.27. The van der Waals surface area contributed by atoms with Crippen LogP contribution in [0.5, 0.6) is 0 Å². The van der Waals surface area contributed by atoms with Crippen LogP contribution < -0.4 is 16.6 Å². The molecule has 2 heterocycles. The average Bonchev–Trinajstić information content (AvgIpc) is 2.70. The van der Waals surface area contributed by atoms with E-state index in [0.29, 0.717) is 17.7 Å². The highest BCUT2D eigenvalue weighted by molar-refractivity contribution is 7.98. The molecule has 1 aromatic carbocycles. The van der Waals surface area contributed by atoms with Crippen molar-refractivity contribution in [1.29, 1.82) is 0 Å². The first-order chi connectivity index (χ1) is 12.9. The van der Waals surface area contributed by atoms with Gasteiger partial charge in [0.2, 0.25) is 0 Å². The second-order valence-electron chi connectivity index (χ2n) is 6.07. The van der Waals surface area contributed by atoms with Crippen LogP contribution in [-0.4, -0.2) is 26.3 Å². The summed E-state index contributed by atoms with van der Waals surface area (Å²) in [4.78, 5) is 43.0. The van der Waals surface area contributed by atoms with Crippen molar-refractivity contribution < 1.29 is 4.79 Å². The normalized spacial score (nSPS) is 11.0. The topological polar surface area (TPSA) is 86.0 Å². The van der Waals surface area contributed by atoms with E-state index < -0.39 is 11.2 Å². The van der Waals surface area contributed by atoms with Crippen LogP contribution in [0.1, 0.15) is 22.8 Å². The number of nitrogens with zero attached hydrogens (tertiary/aromatic N) is 3. The number of hydrogen-bond acceptors (Lipinski definition) is 5. The lowest BCUT2D eigenvalue weighted by Gasteiger charge is -2.15. The fraction of sp³-hybridized carbons (Fsp3) is 0.263. The molecular formula is C19H20N4O3S. The van der Waals surface area contributed by atoms with Gasteiger partial charge in [-0.3, -0.25) is 18.7 Å².